The molecule has 0 saturated carbocycles. The maximum absolute atomic E-state index is 12.5. The van der Waals surface area contributed by atoms with Crippen molar-refractivity contribution in [2.75, 3.05) is 19.0 Å². The monoisotopic (exact) mass is 383 g/mol. The topological polar surface area (TPSA) is 54.5 Å². The molecule has 3 aromatic rings. The summed E-state index contributed by atoms with van der Waals surface area (Å²) in [4.78, 5) is 19.4. The van der Waals surface area contributed by atoms with E-state index < -0.39 is 0 Å². The van der Waals surface area contributed by atoms with Crippen LogP contribution in [-0.4, -0.2) is 35.5 Å². The van der Waals surface area contributed by atoms with E-state index in [-0.39, 0.29) is 5.91 Å². The molecular formula is C21H25N3O2S. The van der Waals surface area contributed by atoms with Gasteiger partial charge in [-0.2, -0.15) is 0 Å². The first-order chi connectivity index (χ1) is 13.0. The summed E-state index contributed by atoms with van der Waals surface area (Å²) in [7, 11) is 1.63. The van der Waals surface area contributed by atoms with Crippen LogP contribution in [0, 0.1) is 0 Å². The highest BCUT2D eigenvalue weighted by atomic mass is 32.1. The van der Waals surface area contributed by atoms with Crippen molar-refractivity contribution in [2.45, 2.75) is 33.4 Å². The summed E-state index contributed by atoms with van der Waals surface area (Å²) in [5, 5.41) is 3.48. The van der Waals surface area contributed by atoms with E-state index in [2.05, 4.69) is 36.0 Å². The average Bonchev–Trinajstić information content (AvgIpc) is 3.07. The van der Waals surface area contributed by atoms with Gasteiger partial charge in [0.25, 0.3) is 5.91 Å². The fourth-order valence-electron chi connectivity index (χ4n) is 2.91. The van der Waals surface area contributed by atoms with Crippen LogP contribution >= 0.6 is 11.3 Å². The number of amides is 1. The van der Waals surface area contributed by atoms with Gasteiger partial charge < -0.3 is 4.74 Å². The third-order valence-electron chi connectivity index (χ3n) is 4.55. The molecule has 1 heterocycles. The molecule has 1 aromatic heterocycles. The summed E-state index contributed by atoms with van der Waals surface area (Å²) in [5.74, 6) is 0.630. The Balaban J connectivity index is 1.69. The van der Waals surface area contributed by atoms with E-state index in [4.69, 9.17) is 4.74 Å². The second kappa shape index (κ2) is 8.50. The van der Waals surface area contributed by atoms with E-state index in [1.165, 1.54) is 16.9 Å². The van der Waals surface area contributed by atoms with Crippen LogP contribution < -0.4 is 10.1 Å². The molecule has 0 saturated heterocycles. The number of fused-ring (bicyclic) bond motifs is 1. The van der Waals surface area contributed by atoms with E-state index >= 15 is 0 Å². The highest BCUT2D eigenvalue weighted by Crippen LogP contribution is 2.29. The minimum Gasteiger partial charge on any atom is -0.497 e. The number of nitrogens with one attached hydrogen (secondary N) is 1. The first-order valence-corrected chi connectivity index (χ1v) is 9.90. The van der Waals surface area contributed by atoms with Crippen molar-refractivity contribution in [3.05, 3.63) is 53.6 Å². The minimum absolute atomic E-state index is 0.149. The first-order valence-electron chi connectivity index (χ1n) is 9.09. The van der Waals surface area contributed by atoms with Crippen LogP contribution in [0.3, 0.4) is 0 Å². The summed E-state index contributed by atoms with van der Waals surface area (Å²) in [5.41, 5.74) is 2.68. The highest BCUT2D eigenvalue weighted by Gasteiger charge is 2.12. The van der Waals surface area contributed by atoms with Crippen molar-refractivity contribution in [1.29, 1.82) is 0 Å². The lowest BCUT2D eigenvalue weighted by molar-refractivity contribution is 0.102. The average molecular weight is 384 g/mol. The molecule has 0 spiro atoms. The molecular weight excluding hydrogens is 358 g/mol. The number of ether oxygens (including phenoxy) is 1. The number of aromatic nitrogens is 1. The smallest absolute Gasteiger partial charge is 0.257 e. The van der Waals surface area contributed by atoms with Gasteiger partial charge >= 0.3 is 0 Å². The summed E-state index contributed by atoms with van der Waals surface area (Å²) >= 11 is 1.44. The van der Waals surface area contributed by atoms with Gasteiger partial charge in [-0.25, -0.2) is 4.98 Å². The van der Waals surface area contributed by atoms with Crippen molar-refractivity contribution >= 4 is 32.6 Å². The van der Waals surface area contributed by atoms with Gasteiger partial charge in [-0.05, 0) is 56.3 Å². The van der Waals surface area contributed by atoms with Crippen LogP contribution in [0.2, 0.25) is 0 Å². The Kier molecular flexibility index (Phi) is 6.08. The molecule has 0 bridgehead atoms. The lowest BCUT2D eigenvalue weighted by Gasteiger charge is -2.24. The largest absolute Gasteiger partial charge is 0.497 e. The second-order valence-corrected chi connectivity index (χ2v) is 7.69. The Bertz CT molecular complexity index is 919. The number of methoxy groups -OCH3 is 1. The zero-order valence-corrected chi connectivity index (χ0v) is 17.0. The molecule has 6 heteroatoms. The van der Waals surface area contributed by atoms with E-state index in [1.54, 1.807) is 7.11 Å². The maximum atomic E-state index is 12.5. The van der Waals surface area contributed by atoms with Crippen LogP contribution in [0.1, 0.15) is 36.7 Å². The minimum atomic E-state index is -0.149. The van der Waals surface area contributed by atoms with Crippen molar-refractivity contribution in [3.63, 3.8) is 0 Å². The summed E-state index contributed by atoms with van der Waals surface area (Å²) in [6.45, 7) is 8.44. The number of anilines is 1. The number of benzene rings is 2. The van der Waals surface area contributed by atoms with Crippen LogP contribution in [0.4, 0.5) is 5.13 Å². The van der Waals surface area contributed by atoms with E-state index in [0.29, 0.717) is 16.7 Å². The summed E-state index contributed by atoms with van der Waals surface area (Å²) < 4.78 is 6.21. The maximum Gasteiger partial charge on any atom is 0.257 e. The first kappa shape index (κ1) is 19.3. The molecule has 2 aromatic carbocycles. The number of nitrogens with zero attached hydrogens (tertiary/aromatic N) is 2. The van der Waals surface area contributed by atoms with Crippen LogP contribution in [-0.2, 0) is 6.54 Å². The van der Waals surface area contributed by atoms with Gasteiger partial charge in [0.2, 0.25) is 0 Å². The van der Waals surface area contributed by atoms with Gasteiger partial charge in [-0.3, -0.25) is 15.0 Å². The third-order valence-corrected chi connectivity index (χ3v) is 5.49. The third kappa shape index (κ3) is 4.64. The Morgan fingerprint density at radius 3 is 2.59 bits per heavy atom. The highest BCUT2D eigenvalue weighted by molar-refractivity contribution is 7.22. The van der Waals surface area contributed by atoms with Gasteiger partial charge in [0, 0.05) is 18.2 Å². The Hall–Kier alpha value is -2.44. The lowest BCUT2D eigenvalue weighted by Crippen LogP contribution is -2.29. The molecule has 27 heavy (non-hydrogen) atoms. The molecule has 0 radical (unpaired) electrons. The van der Waals surface area contributed by atoms with Crippen molar-refractivity contribution in [2.24, 2.45) is 0 Å². The van der Waals surface area contributed by atoms with Crippen LogP contribution in [0.5, 0.6) is 5.75 Å². The van der Waals surface area contributed by atoms with Gasteiger partial charge in [-0.1, -0.05) is 30.4 Å². The summed E-state index contributed by atoms with van der Waals surface area (Å²) in [6, 6.07) is 13.9. The Labute approximate surface area is 164 Å². The predicted molar refractivity (Wildman–Crippen MR) is 112 cm³/mol. The number of carbonyl (C=O) groups excluding carboxylic acids is 1. The molecule has 1 amide bonds. The SMILES string of the molecule is CCN(Cc1ccc(C(=O)Nc2nc3ccc(OC)cc3s2)cc1)C(C)C. The quantitative estimate of drug-likeness (QED) is 0.637. The molecule has 0 fully saturated rings. The molecule has 0 aliphatic heterocycles. The molecule has 0 aliphatic rings. The van der Waals surface area contributed by atoms with Crippen molar-refractivity contribution in [3.8, 4) is 5.75 Å². The van der Waals surface area contributed by atoms with Gasteiger partial charge in [0.15, 0.2) is 5.13 Å². The van der Waals surface area contributed by atoms with E-state index in [9.17, 15) is 4.79 Å². The van der Waals surface area contributed by atoms with Crippen LogP contribution in [0.25, 0.3) is 10.2 Å². The molecule has 0 atom stereocenters. The fourth-order valence-corrected chi connectivity index (χ4v) is 3.80. The van der Waals surface area contributed by atoms with E-state index in [1.807, 2.05) is 42.5 Å². The number of hydrogen-bond donors (Lipinski definition) is 1. The zero-order valence-electron chi connectivity index (χ0n) is 16.2. The summed E-state index contributed by atoms with van der Waals surface area (Å²) in [6.07, 6.45) is 0. The normalized spacial score (nSPS) is 11.3. The number of rotatable bonds is 7. The predicted octanol–water partition coefficient (Wildman–Crippen LogP) is 4.79. The Morgan fingerprint density at radius 2 is 1.96 bits per heavy atom. The van der Waals surface area contributed by atoms with Gasteiger partial charge in [0.1, 0.15) is 5.75 Å². The van der Waals surface area contributed by atoms with Crippen LogP contribution in [0.15, 0.2) is 42.5 Å². The fraction of sp³-hybridized carbons (Fsp3) is 0.333. The number of hydrogen-bond acceptors (Lipinski definition) is 5. The standard InChI is InChI=1S/C21H25N3O2S/c1-5-24(14(2)3)13-15-6-8-16(9-7-15)20(25)23-21-22-18-11-10-17(26-4)12-19(18)27-21/h6-12,14H,5,13H2,1-4H3,(H,22,23,25). The van der Waals surface area contributed by atoms with Gasteiger partial charge in [-0.15, -0.1) is 0 Å². The zero-order chi connectivity index (χ0) is 19.4. The molecule has 0 unspecified atom stereocenters. The molecule has 1 N–H and O–H groups in total. The van der Waals surface area contributed by atoms with Crippen molar-refractivity contribution < 1.29 is 9.53 Å². The molecule has 0 aliphatic carbocycles. The number of carbonyl (C=O) groups is 1. The molecule has 3 rings (SSSR count). The van der Waals surface area contributed by atoms with Crippen molar-refractivity contribution in [1.82, 2.24) is 9.88 Å². The second-order valence-electron chi connectivity index (χ2n) is 6.66. The van der Waals surface area contributed by atoms with E-state index in [0.717, 1.165) is 29.1 Å². The lowest BCUT2D eigenvalue weighted by atomic mass is 10.1. The Morgan fingerprint density at radius 1 is 1.22 bits per heavy atom. The molecule has 142 valence electrons. The van der Waals surface area contributed by atoms with Gasteiger partial charge in [0.05, 0.1) is 17.3 Å². The number of thiazole rings is 1. The molecule has 5 nitrogen and oxygen atoms in total.